The molecule has 1 heterocycles. The van der Waals surface area contributed by atoms with E-state index in [1.165, 1.54) is 0 Å². The van der Waals surface area contributed by atoms with Gasteiger partial charge in [-0.15, -0.1) is 0 Å². The fourth-order valence-corrected chi connectivity index (χ4v) is 2.89. The maximum Gasteiger partial charge on any atom is 0.262 e. The zero-order chi connectivity index (χ0) is 18.7. The average Bonchev–Trinajstić information content (AvgIpc) is 3.10. The van der Waals surface area contributed by atoms with Crippen molar-refractivity contribution in [2.45, 2.75) is 0 Å². The van der Waals surface area contributed by atoms with E-state index in [2.05, 4.69) is 14.9 Å². The van der Waals surface area contributed by atoms with E-state index in [0.29, 0.717) is 40.0 Å². The topological polar surface area (TPSA) is 104 Å². The Hall–Kier alpha value is -3.07. The molecule has 0 bridgehead atoms. The molecule has 1 aromatic heterocycles. The molecule has 1 N–H and O–H groups in total. The Bertz CT molecular complexity index is 1010. The molecule has 0 fully saturated rings. The SMILES string of the molecule is COc1ccc(-c2nc(-c3ccc(NS(C)(=O)=O)cc3)no2)c(OC)c1. The van der Waals surface area contributed by atoms with Crippen LogP contribution in [0.3, 0.4) is 0 Å². The quantitative estimate of drug-likeness (QED) is 0.706. The second-order valence-electron chi connectivity index (χ2n) is 5.44. The number of rotatable bonds is 6. The number of nitrogens with one attached hydrogen (secondary N) is 1. The normalized spacial score (nSPS) is 11.2. The molecule has 0 aliphatic carbocycles. The molecule has 0 saturated carbocycles. The summed E-state index contributed by atoms with van der Waals surface area (Å²) in [5.41, 5.74) is 1.78. The van der Waals surface area contributed by atoms with Crippen LogP contribution in [0.4, 0.5) is 5.69 Å². The maximum absolute atomic E-state index is 11.3. The van der Waals surface area contributed by atoms with E-state index in [4.69, 9.17) is 14.0 Å². The van der Waals surface area contributed by atoms with Gasteiger partial charge in [-0.3, -0.25) is 4.72 Å². The molecule has 26 heavy (non-hydrogen) atoms. The number of benzene rings is 2. The van der Waals surface area contributed by atoms with Crippen molar-refractivity contribution >= 4 is 15.7 Å². The number of sulfonamides is 1. The van der Waals surface area contributed by atoms with E-state index in [-0.39, 0.29) is 0 Å². The van der Waals surface area contributed by atoms with E-state index >= 15 is 0 Å². The van der Waals surface area contributed by atoms with E-state index in [1.807, 2.05) is 0 Å². The predicted molar refractivity (Wildman–Crippen MR) is 96.7 cm³/mol. The Kier molecular flexibility index (Phi) is 4.81. The number of hydrogen-bond acceptors (Lipinski definition) is 7. The van der Waals surface area contributed by atoms with Gasteiger partial charge >= 0.3 is 0 Å². The number of hydrogen-bond donors (Lipinski definition) is 1. The highest BCUT2D eigenvalue weighted by Crippen LogP contribution is 2.33. The molecule has 0 spiro atoms. The number of aromatic nitrogens is 2. The molecule has 0 amide bonds. The Labute approximate surface area is 150 Å². The molecule has 8 nitrogen and oxygen atoms in total. The minimum absolute atomic E-state index is 0.304. The van der Waals surface area contributed by atoms with Gasteiger partial charge in [-0.1, -0.05) is 5.16 Å². The third-order valence-electron chi connectivity index (χ3n) is 3.51. The molecule has 0 aliphatic heterocycles. The predicted octanol–water partition coefficient (Wildman–Crippen LogP) is 2.79. The first-order valence-electron chi connectivity index (χ1n) is 7.54. The lowest BCUT2D eigenvalue weighted by Crippen LogP contribution is -2.09. The van der Waals surface area contributed by atoms with Crippen LogP contribution >= 0.6 is 0 Å². The van der Waals surface area contributed by atoms with Crippen molar-refractivity contribution in [3.8, 4) is 34.3 Å². The first-order valence-corrected chi connectivity index (χ1v) is 9.43. The van der Waals surface area contributed by atoms with Crippen molar-refractivity contribution in [2.75, 3.05) is 25.2 Å². The van der Waals surface area contributed by atoms with Crippen molar-refractivity contribution in [2.24, 2.45) is 0 Å². The van der Waals surface area contributed by atoms with Gasteiger partial charge in [0.25, 0.3) is 5.89 Å². The first kappa shape index (κ1) is 17.7. The van der Waals surface area contributed by atoms with Crippen LogP contribution in [-0.4, -0.2) is 39.0 Å². The second-order valence-corrected chi connectivity index (χ2v) is 7.19. The zero-order valence-corrected chi connectivity index (χ0v) is 15.2. The standard InChI is InChI=1S/C17H17N3O5S/c1-23-13-8-9-14(15(10-13)24-2)17-18-16(19-25-17)11-4-6-12(7-5-11)20-26(3,21)22/h4-10,20H,1-3H3. The number of anilines is 1. The van der Waals surface area contributed by atoms with Crippen molar-refractivity contribution in [3.05, 3.63) is 42.5 Å². The number of nitrogens with zero attached hydrogens (tertiary/aromatic N) is 2. The summed E-state index contributed by atoms with van der Waals surface area (Å²) in [5, 5.41) is 3.97. The summed E-state index contributed by atoms with van der Waals surface area (Å²) in [7, 11) is -0.208. The third kappa shape index (κ3) is 3.94. The summed E-state index contributed by atoms with van der Waals surface area (Å²) in [6.07, 6.45) is 1.09. The molecule has 2 aromatic carbocycles. The monoisotopic (exact) mass is 375 g/mol. The number of ether oxygens (including phenoxy) is 2. The van der Waals surface area contributed by atoms with Gasteiger partial charge in [-0.05, 0) is 36.4 Å². The van der Waals surface area contributed by atoms with Crippen LogP contribution in [0.5, 0.6) is 11.5 Å². The van der Waals surface area contributed by atoms with Crippen molar-refractivity contribution in [1.29, 1.82) is 0 Å². The van der Waals surface area contributed by atoms with Crippen molar-refractivity contribution in [3.63, 3.8) is 0 Å². The van der Waals surface area contributed by atoms with Gasteiger partial charge in [-0.2, -0.15) is 4.98 Å². The van der Waals surface area contributed by atoms with E-state index < -0.39 is 10.0 Å². The highest BCUT2D eigenvalue weighted by atomic mass is 32.2. The van der Waals surface area contributed by atoms with E-state index in [0.717, 1.165) is 6.26 Å². The Morgan fingerprint density at radius 2 is 1.77 bits per heavy atom. The molecule has 3 aromatic rings. The fraction of sp³-hybridized carbons (Fsp3) is 0.176. The minimum atomic E-state index is -3.32. The molecule has 0 unspecified atom stereocenters. The fourth-order valence-electron chi connectivity index (χ4n) is 2.33. The largest absolute Gasteiger partial charge is 0.497 e. The zero-order valence-electron chi connectivity index (χ0n) is 14.4. The lowest BCUT2D eigenvalue weighted by atomic mass is 10.2. The van der Waals surface area contributed by atoms with Gasteiger partial charge < -0.3 is 14.0 Å². The van der Waals surface area contributed by atoms with Gasteiger partial charge in [0.1, 0.15) is 11.5 Å². The molecular formula is C17H17N3O5S. The van der Waals surface area contributed by atoms with Gasteiger partial charge in [0.15, 0.2) is 0 Å². The highest BCUT2D eigenvalue weighted by Gasteiger charge is 2.16. The van der Waals surface area contributed by atoms with Crippen molar-refractivity contribution in [1.82, 2.24) is 10.1 Å². The third-order valence-corrected chi connectivity index (χ3v) is 4.12. The number of methoxy groups -OCH3 is 2. The van der Waals surface area contributed by atoms with Crippen molar-refractivity contribution < 1.29 is 22.4 Å². The molecule has 0 saturated heterocycles. The summed E-state index contributed by atoms with van der Waals surface area (Å²) >= 11 is 0. The van der Waals surface area contributed by atoms with Crippen LogP contribution in [0.15, 0.2) is 47.0 Å². The van der Waals surface area contributed by atoms with Gasteiger partial charge in [0.05, 0.1) is 26.0 Å². The molecule has 3 rings (SSSR count). The molecule has 0 radical (unpaired) electrons. The van der Waals surface area contributed by atoms with E-state index in [9.17, 15) is 8.42 Å². The lowest BCUT2D eigenvalue weighted by molar-refractivity contribution is 0.391. The smallest absolute Gasteiger partial charge is 0.262 e. The highest BCUT2D eigenvalue weighted by molar-refractivity contribution is 7.92. The summed E-state index contributed by atoms with van der Waals surface area (Å²) in [6, 6.07) is 11.9. The summed E-state index contributed by atoms with van der Waals surface area (Å²) in [6.45, 7) is 0. The minimum Gasteiger partial charge on any atom is -0.497 e. The Morgan fingerprint density at radius 1 is 1.04 bits per heavy atom. The molecule has 9 heteroatoms. The second kappa shape index (κ2) is 7.04. The molecule has 136 valence electrons. The van der Waals surface area contributed by atoms with Crippen LogP contribution in [0.25, 0.3) is 22.8 Å². The Morgan fingerprint density at radius 3 is 2.38 bits per heavy atom. The summed E-state index contributed by atoms with van der Waals surface area (Å²) in [5.74, 6) is 1.88. The van der Waals surface area contributed by atoms with Crippen LogP contribution in [0.1, 0.15) is 0 Å². The Balaban J connectivity index is 1.88. The van der Waals surface area contributed by atoms with E-state index in [1.54, 1.807) is 56.7 Å². The van der Waals surface area contributed by atoms with Crippen LogP contribution < -0.4 is 14.2 Å². The lowest BCUT2D eigenvalue weighted by Gasteiger charge is -2.06. The first-order chi connectivity index (χ1) is 12.4. The molecule has 0 atom stereocenters. The maximum atomic E-state index is 11.3. The van der Waals surface area contributed by atoms with Gasteiger partial charge in [-0.25, -0.2) is 8.42 Å². The molecule has 0 aliphatic rings. The van der Waals surface area contributed by atoms with Gasteiger partial charge in [0, 0.05) is 17.3 Å². The van der Waals surface area contributed by atoms with Crippen LogP contribution in [0, 0.1) is 0 Å². The van der Waals surface area contributed by atoms with Crippen LogP contribution in [-0.2, 0) is 10.0 Å². The summed E-state index contributed by atoms with van der Waals surface area (Å²) in [4.78, 5) is 4.38. The average molecular weight is 375 g/mol. The summed E-state index contributed by atoms with van der Waals surface area (Å²) < 4.78 is 40.8. The van der Waals surface area contributed by atoms with Crippen LogP contribution in [0.2, 0.25) is 0 Å². The van der Waals surface area contributed by atoms with Gasteiger partial charge in [0.2, 0.25) is 15.8 Å². The molecular weight excluding hydrogens is 358 g/mol.